The molecule has 1 amide bonds. The molecule has 1 saturated heterocycles. The van der Waals surface area contributed by atoms with Crippen LogP contribution in [0, 0.1) is 11.8 Å². The summed E-state index contributed by atoms with van der Waals surface area (Å²) in [6, 6.07) is 14.6. The highest BCUT2D eigenvalue weighted by Crippen LogP contribution is 2.40. The lowest BCUT2D eigenvalue weighted by molar-refractivity contribution is -0.132. The summed E-state index contributed by atoms with van der Waals surface area (Å²) in [6.45, 7) is 2.50. The summed E-state index contributed by atoms with van der Waals surface area (Å²) in [5.41, 5.74) is 1.99. The summed E-state index contributed by atoms with van der Waals surface area (Å²) in [5.74, 6) is 2.46. The molecule has 29 heavy (non-hydrogen) atoms. The highest BCUT2D eigenvalue weighted by Gasteiger charge is 2.40. The standard InChI is InChI=1S/C23H30N4O2/c1-26(23(28)11-13-29-2)20-14-18-10-12-27(16-19(18)15-20)22-9-8-21(24-25-22)17-6-4-3-5-7-17/h3-9,18-20H,10-16H2,1-2H3/t18-,19-,20+/m1/s1. The molecule has 1 saturated carbocycles. The van der Waals surface area contributed by atoms with Gasteiger partial charge in [0.05, 0.1) is 18.7 Å². The van der Waals surface area contributed by atoms with E-state index in [9.17, 15) is 4.79 Å². The Bertz CT molecular complexity index is 811. The summed E-state index contributed by atoms with van der Waals surface area (Å²) >= 11 is 0. The minimum Gasteiger partial charge on any atom is -0.384 e. The van der Waals surface area contributed by atoms with Crippen molar-refractivity contribution in [1.29, 1.82) is 0 Å². The number of hydrogen-bond donors (Lipinski definition) is 0. The Morgan fingerprint density at radius 2 is 1.93 bits per heavy atom. The highest BCUT2D eigenvalue weighted by molar-refractivity contribution is 5.76. The van der Waals surface area contributed by atoms with Crippen molar-refractivity contribution in [3.8, 4) is 11.3 Å². The van der Waals surface area contributed by atoms with Crippen molar-refractivity contribution >= 4 is 11.7 Å². The minimum absolute atomic E-state index is 0.190. The number of rotatable bonds is 6. The first-order valence-corrected chi connectivity index (χ1v) is 10.5. The molecule has 0 spiro atoms. The van der Waals surface area contributed by atoms with Crippen molar-refractivity contribution in [1.82, 2.24) is 15.1 Å². The van der Waals surface area contributed by atoms with E-state index in [-0.39, 0.29) is 5.91 Å². The molecule has 1 aromatic carbocycles. The van der Waals surface area contributed by atoms with Crippen LogP contribution in [0.15, 0.2) is 42.5 Å². The van der Waals surface area contributed by atoms with Crippen LogP contribution >= 0.6 is 0 Å². The van der Waals surface area contributed by atoms with Gasteiger partial charge in [-0.25, -0.2) is 0 Å². The largest absolute Gasteiger partial charge is 0.384 e. The molecule has 1 aromatic heterocycles. The van der Waals surface area contributed by atoms with Crippen LogP contribution in [0.3, 0.4) is 0 Å². The maximum Gasteiger partial charge on any atom is 0.224 e. The zero-order valence-corrected chi connectivity index (χ0v) is 17.3. The Kier molecular flexibility index (Phi) is 6.09. The third-order valence-corrected chi connectivity index (χ3v) is 6.55. The second kappa shape index (κ2) is 8.91. The molecule has 1 aliphatic heterocycles. The third-order valence-electron chi connectivity index (χ3n) is 6.55. The Hall–Kier alpha value is -2.47. The first-order chi connectivity index (χ1) is 14.2. The van der Waals surface area contributed by atoms with E-state index in [2.05, 4.69) is 39.4 Å². The van der Waals surface area contributed by atoms with Gasteiger partial charge in [-0.2, -0.15) is 0 Å². The smallest absolute Gasteiger partial charge is 0.224 e. The minimum atomic E-state index is 0.190. The van der Waals surface area contributed by atoms with E-state index in [0.29, 0.717) is 30.9 Å². The average molecular weight is 395 g/mol. The van der Waals surface area contributed by atoms with Crippen molar-refractivity contribution in [2.45, 2.75) is 31.7 Å². The van der Waals surface area contributed by atoms with Crippen LogP contribution in [0.5, 0.6) is 0 Å². The number of piperidine rings is 1. The highest BCUT2D eigenvalue weighted by atomic mass is 16.5. The van der Waals surface area contributed by atoms with Gasteiger partial charge in [0.15, 0.2) is 5.82 Å². The molecule has 2 fully saturated rings. The van der Waals surface area contributed by atoms with E-state index in [1.807, 2.05) is 30.1 Å². The van der Waals surface area contributed by atoms with Crippen LogP contribution in [-0.4, -0.2) is 60.9 Å². The molecule has 2 aliphatic rings. The number of ether oxygens (including phenoxy) is 1. The van der Waals surface area contributed by atoms with E-state index in [0.717, 1.165) is 49.4 Å². The van der Waals surface area contributed by atoms with Crippen LogP contribution in [0.1, 0.15) is 25.7 Å². The van der Waals surface area contributed by atoms with Gasteiger partial charge in [0.25, 0.3) is 0 Å². The van der Waals surface area contributed by atoms with Gasteiger partial charge in [0.1, 0.15) is 0 Å². The number of benzene rings is 1. The molecule has 3 atom stereocenters. The van der Waals surface area contributed by atoms with Gasteiger partial charge >= 0.3 is 0 Å². The van der Waals surface area contributed by atoms with Gasteiger partial charge in [-0.15, -0.1) is 10.2 Å². The maximum absolute atomic E-state index is 12.3. The Morgan fingerprint density at radius 3 is 2.66 bits per heavy atom. The molecule has 6 heteroatoms. The van der Waals surface area contributed by atoms with E-state index in [1.54, 1.807) is 7.11 Å². The Morgan fingerprint density at radius 1 is 1.14 bits per heavy atom. The molecule has 2 aromatic rings. The fraction of sp³-hybridized carbons (Fsp3) is 0.522. The molecule has 6 nitrogen and oxygen atoms in total. The normalized spacial score (nSPS) is 23.7. The SMILES string of the molecule is COCCC(=O)N(C)[C@H]1C[C@H]2CCN(c3ccc(-c4ccccc4)nn3)C[C@H]2C1. The van der Waals surface area contributed by atoms with Crippen LogP contribution in [0.25, 0.3) is 11.3 Å². The summed E-state index contributed by atoms with van der Waals surface area (Å²) in [7, 11) is 3.59. The van der Waals surface area contributed by atoms with E-state index in [1.165, 1.54) is 0 Å². The first-order valence-electron chi connectivity index (χ1n) is 10.5. The van der Waals surface area contributed by atoms with Crippen LogP contribution in [0.4, 0.5) is 5.82 Å². The van der Waals surface area contributed by atoms with Gasteiger partial charge in [-0.1, -0.05) is 30.3 Å². The second-order valence-corrected chi connectivity index (χ2v) is 8.27. The van der Waals surface area contributed by atoms with Crippen molar-refractivity contribution in [3.05, 3.63) is 42.5 Å². The van der Waals surface area contributed by atoms with Gasteiger partial charge < -0.3 is 14.5 Å². The molecule has 0 unspecified atom stereocenters. The predicted octanol–water partition coefficient (Wildman–Crippen LogP) is 3.24. The number of anilines is 1. The molecule has 2 heterocycles. The predicted molar refractivity (Wildman–Crippen MR) is 114 cm³/mol. The molecule has 0 bridgehead atoms. The molecular formula is C23H30N4O2. The monoisotopic (exact) mass is 394 g/mol. The number of carbonyl (C=O) groups is 1. The van der Waals surface area contributed by atoms with Crippen molar-refractivity contribution in [3.63, 3.8) is 0 Å². The van der Waals surface area contributed by atoms with E-state index in [4.69, 9.17) is 4.74 Å². The lowest BCUT2D eigenvalue weighted by Crippen LogP contribution is -2.39. The maximum atomic E-state index is 12.3. The zero-order chi connectivity index (χ0) is 20.2. The first kappa shape index (κ1) is 19.8. The lowest BCUT2D eigenvalue weighted by atomic mass is 9.89. The molecule has 1 aliphatic carbocycles. The summed E-state index contributed by atoms with van der Waals surface area (Å²) in [6.07, 6.45) is 3.82. The topological polar surface area (TPSA) is 58.6 Å². The summed E-state index contributed by atoms with van der Waals surface area (Å²) in [4.78, 5) is 16.7. The zero-order valence-electron chi connectivity index (χ0n) is 17.3. The third kappa shape index (κ3) is 4.42. The fourth-order valence-corrected chi connectivity index (χ4v) is 4.80. The number of nitrogens with zero attached hydrogens (tertiary/aromatic N) is 4. The van der Waals surface area contributed by atoms with E-state index >= 15 is 0 Å². The second-order valence-electron chi connectivity index (χ2n) is 8.27. The molecule has 0 radical (unpaired) electrons. The number of fused-ring (bicyclic) bond motifs is 1. The Balaban J connectivity index is 1.37. The van der Waals surface area contributed by atoms with Gasteiger partial charge in [-0.3, -0.25) is 4.79 Å². The average Bonchev–Trinajstić information content (AvgIpc) is 3.21. The number of carbonyl (C=O) groups excluding carboxylic acids is 1. The lowest BCUT2D eigenvalue weighted by Gasteiger charge is -2.35. The molecule has 0 N–H and O–H groups in total. The molecule has 4 rings (SSSR count). The van der Waals surface area contributed by atoms with Gasteiger partial charge in [-0.05, 0) is 43.2 Å². The number of aromatic nitrogens is 2. The van der Waals surface area contributed by atoms with Crippen molar-refractivity contribution < 1.29 is 9.53 Å². The van der Waals surface area contributed by atoms with Crippen LogP contribution in [0.2, 0.25) is 0 Å². The van der Waals surface area contributed by atoms with Crippen LogP contribution in [-0.2, 0) is 9.53 Å². The summed E-state index contributed by atoms with van der Waals surface area (Å²) in [5, 5.41) is 8.95. The number of hydrogen-bond acceptors (Lipinski definition) is 5. The van der Waals surface area contributed by atoms with Gasteiger partial charge in [0, 0.05) is 38.9 Å². The van der Waals surface area contributed by atoms with Crippen molar-refractivity contribution in [2.75, 3.05) is 38.8 Å². The number of amides is 1. The molecular weight excluding hydrogens is 364 g/mol. The summed E-state index contributed by atoms with van der Waals surface area (Å²) < 4.78 is 5.05. The van der Waals surface area contributed by atoms with Crippen molar-refractivity contribution in [2.24, 2.45) is 11.8 Å². The fourth-order valence-electron chi connectivity index (χ4n) is 4.80. The van der Waals surface area contributed by atoms with E-state index < -0.39 is 0 Å². The number of methoxy groups -OCH3 is 1. The Labute approximate surface area is 172 Å². The quantitative estimate of drug-likeness (QED) is 0.753. The molecule has 154 valence electrons. The van der Waals surface area contributed by atoms with Gasteiger partial charge in [0.2, 0.25) is 5.91 Å². The van der Waals surface area contributed by atoms with Crippen LogP contribution < -0.4 is 4.90 Å².